The van der Waals surface area contributed by atoms with E-state index in [1.807, 2.05) is 0 Å². The van der Waals surface area contributed by atoms with Gasteiger partial charge in [-0.15, -0.1) is 11.6 Å². The molecule has 0 fully saturated rings. The van der Waals surface area contributed by atoms with Crippen molar-refractivity contribution in [1.82, 2.24) is 0 Å². The Balaban J connectivity index is 2.59. The number of aliphatic hydroxyl groups is 1. The Morgan fingerprint density at radius 2 is 2.33 bits per heavy atom. The Hall–Kier alpha value is -1.00. The molecule has 1 aromatic rings. The summed E-state index contributed by atoms with van der Waals surface area (Å²) in [6.45, 7) is 0.287. The Morgan fingerprint density at radius 3 is 2.87 bits per heavy atom. The second-order valence-corrected chi connectivity index (χ2v) is 3.35. The van der Waals surface area contributed by atoms with E-state index in [1.165, 1.54) is 19.2 Å². The molecule has 0 saturated heterocycles. The van der Waals surface area contributed by atoms with Gasteiger partial charge in [0, 0.05) is 18.3 Å². The van der Waals surface area contributed by atoms with Crippen LogP contribution in [0.1, 0.15) is 0 Å². The molecule has 1 unspecified atom stereocenters. The van der Waals surface area contributed by atoms with E-state index in [9.17, 15) is 9.50 Å². The van der Waals surface area contributed by atoms with Crippen LogP contribution in [0.3, 0.4) is 0 Å². The molecule has 1 atom stereocenters. The van der Waals surface area contributed by atoms with Gasteiger partial charge in [-0.3, -0.25) is 0 Å². The third kappa shape index (κ3) is 3.57. The predicted octanol–water partition coefficient (Wildman–Crippen LogP) is 1.85. The van der Waals surface area contributed by atoms with Crippen molar-refractivity contribution in [3.05, 3.63) is 24.0 Å². The fourth-order valence-corrected chi connectivity index (χ4v) is 1.18. The average Bonchev–Trinajstić information content (AvgIpc) is 2.26. The lowest BCUT2D eigenvalue weighted by atomic mass is 10.2. The third-order valence-corrected chi connectivity index (χ3v) is 2.23. The molecule has 0 aliphatic carbocycles. The van der Waals surface area contributed by atoms with E-state index in [1.54, 1.807) is 6.07 Å². The molecule has 2 N–H and O–H groups in total. The van der Waals surface area contributed by atoms with Gasteiger partial charge in [0.15, 0.2) is 11.6 Å². The van der Waals surface area contributed by atoms with Crippen LogP contribution in [-0.4, -0.2) is 30.7 Å². The van der Waals surface area contributed by atoms with Crippen molar-refractivity contribution in [2.45, 2.75) is 6.10 Å². The fourth-order valence-electron chi connectivity index (χ4n) is 1.07. The van der Waals surface area contributed by atoms with Crippen molar-refractivity contribution >= 4 is 17.3 Å². The van der Waals surface area contributed by atoms with Gasteiger partial charge < -0.3 is 15.2 Å². The summed E-state index contributed by atoms with van der Waals surface area (Å²) in [5, 5.41) is 12.0. The Bertz CT molecular complexity index is 322. The summed E-state index contributed by atoms with van der Waals surface area (Å²) in [6, 6.07) is 4.49. The molecular formula is C10H13ClFNO2. The lowest BCUT2D eigenvalue weighted by molar-refractivity contribution is 0.211. The highest BCUT2D eigenvalue weighted by atomic mass is 35.5. The van der Waals surface area contributed by atoms with Gasteiger partial charge in [0.05, 0.1) is 19.1 Å². The largest absolute Gasteiger partial charge is 0.494 e. The van der Waals surface area contributed by atoms with Crippen molar-refractivity contribution in [2.24, 2.45) is 0 Å². The fraction of sp³-hybridized carbons (Fsp3) is 0.400. The minimum Gasteiger partial charge on any atom is -0.494 e. The van der Waals surface area contributed by atoms with E-state index in [4.69, 9.17) is 16.3 Å². The number of nitrogens with one attached hydrogen (secondary N) is 1. The van der Waals surface area contributed by atoms with Crippen LogP contribution in [0.5, 0.6) is 5.75 Å². The van der Waals surface area contributed by atoms with Crippen LogP contribution in [-0.2, 0) is 0 Å². The van der Waals surface area contributed by atoms with Crippen LogP contribution in [0.15, 0.2) is 18.2 Å². The van der Waals surface area contributed by atoms with Crippen molar-refractivity contribution in [3.8, 4) is 5.75 Å². The van der Waals surface area contributed by atoms with Crippen molar-refractivity contribution in [3.63, 3.8) is 0 Å². The van der Waals surface area contributed by atoms with E-state index in [0.29, 0.717) is 5.69 Å². The summed E-state index contributed by atoms with van der Waals surface area (Å²) in [5.41, 5.74) is 0.581. The Morgan fingerprint density at radius 1 is 1.60 bits per heavy atom. The molecule has 0 aliphatic rings. The molecule has 3 nitrogen and oxygen atoms in total. The van der Waals surface area contributed by atoms with Gasteiger partial charge in [0.1, 0.15) is 0 Å². The van der Waals surface area contributed by atoms with Gasteiger partial charge in [-0.1, -0.05) is 0 Å². The van der Waals surface area contributed by atoms with Crippen LogP contribution in [0, 0.1) is 5.82 Å². The van der Waals surface area contributed by atoms with Gasteiger partial charge in [-0.2, -0.15) is 0 Å². The number of anilines is 1. The second kappa shape index (κ2) is 5.78. The first kappa shape index (κ1) is 12.1. The number of rotatable bonds is 5. The van der Waals surface area contributed by atoms with E-state index in [2.05, 4.69) is 5.32 Å². The summed E-state index contributed by atoms with van der Waals surface area (Å²) in [4.78, 5) is 0. The first-order valence-corrected chi connectivity index (χ1v) is 5.02. The van der Waals surface area contributed by atoms with E-state index in [-0.39, 0.29) is 18.2 Å². The lowest BCUT2D eigenvalue weighted by Crippen LogP contribution is -2.20. The molecule has 0 bridgehead atoms. The summed E-state index contributed by atoms with van der Waals surface area (Å²) in [5.74, 6) is -0.104. The standard InChI is InChI=1S/C10H13ClFNO2/c1-15-10-3-2-7(4-9(10)12)13-6-8(14)5-11/h2-4,8,13-14H,5-6H2,1H3. The molecule has 15 heavy (non-hydrogen) atoms. The number of hydrogen-bond acceptors (Lipinski definition) is 3. The molecule has 0 radical (unpaired) electrons. The normalized spacial score (nSPS) is 12.3. The highest BCUT2D eigenvalue weighted by molar-refractivity contribution is 6.18. The summed E-state index contributed by atoms with van der Waals surface area (Å²) in [6.07, 6.45) is -0.642. The van der Waals surface area contributed by atoms with Gasteiger partial charge in [0.2, 0.25) is 0 Å². The van der Waals surface area contributed by atoms with Crippen LogP contribution in [0.2, 0.25) is 0 Å². The molecule has 84 valence electrons. The highest BCUT2D eigenvalue weighted by Gasteiger charge is 2.05. The van der Waals surface area contributed by atoms with E-state index < -0.39 is 11.9 Å². The first-order valence-electron chi connectivity index (χ1n) is 4.48. The molecule has 1 rings (SSSR count). The van der Waals surface area contributed by atoms with Gasteiger partial charge in [-0.25, -0.2) is 4.39 Å². The zero-order valence-electron chi connectivity index (χ0n) is 8.34. The maximum Gasteiger partial charge on any atom is 0.167 e. The number of halogens is 2. The minimum absolute atomic E-state index is 0.144. The lowest BCUT2D eigenvalue weighted by Gasteiger charge is -2.10. The number of methoxy groups -OCH3 is 1. The molecule has 5 heteroatoms. The number of hydrogen-bond donors (Lipinski definition) is 2. The van der Waals surface area contributed by atoms with Crippen LogP contribution in [0.4, 0.5) is 10.1 Å². The number of aliphatic hydroxyl groups excluding tert-OH is 1. The quantitative estimate of drug-likeness (QED) is 0.763. The van der Waals surface area contributed by atoms with Crippen LogP contribution < -0.4 is 10.1 Å². The SMILES string of the molecule is COc1ccc(NCC(O)CCl)cc1F. The maximum atomic E-state index is 13.2. The van der Waals surface area contributed by atoms with Gasteiger partial charge in [0.25, 0.3) is 0 Å². The van der Waals surface area contributed by atoms with Gasteiger partial charge in [-0.05, 0) is 12.1 Å². The Kier molecular flexibility index (Phi) is 4.65. The zero-order chi connectivity index (χ0) is 11.3. The van der Waals surface area contributed by atoms with E-state index in [0.717, 1.165) is 0 Å². The van der Waals surface area contributed by atoms with Crippen molar-refractivity contribution in [1.29, 1.82) is 0 Å². The number of alkyl halides is 1. The molecule has 1 aromatic carbocycles. The molecule has 0 heterocycles. The topological polar surface area (TPSA) is 41.5 Å². The van der Waals surface area contributed by atoms with Crippen molar-refractivity contribution < 1.29 is 14.2 Å². The molecule has 0 amide bonds. The predicted molar refractivity (Wildman–Crippen MR) is 58.2 cm³/mol. The minimum atomic E-state index is -0.642. The Labute approximate surface area is 92.8 Å². The second-order valence-electron chi connectivity index (χ2n) is 3.04. The number of ether oxygens (including phenoxy) is 1. The summed E-state index contributed by atoms with van der Waals surface area (Å²) < 4.78 is 18.0. The molecule has 0 spiro atoms. The monoisotopic (exact) mass is 233 g/mol. The molecule has 0 aliphatic heterocycles. The molecule has 0 saturated carbocycles. The summed E-state index contributed by atoms with van der Waals surface area (Å²) in [7, 11) is 1.41. The highest BCUT2D eigenvalue weighted by Crippen LogP contribution is 2.20. The molecular weight excluding hydrogens is 221 g/mol. The summed E-state index contributed by atoms with van der Waals surface area (Å²) >= 11 is 5.41. The zero-order valence-corrected chi connectivity index (χ0v) is 9.09. The third-order valence-electron chi connectivity index (χ3n) is 1.87. The van der Waals surface area contributed by atoms with Crippen LogP contribution in [0.25, 0.3) is 0 Å². The van der Waals surface area contributed by atoms with Crippen LogP contribution >= 0.6 is 11.6 Å². The first-order chi connectivity index (χ1) is 7.17. The van der Waals surface area contributed by atoms with E-state index >= 15 is 0 Å². The smallest absolute Gasteiger partial charge is 0.167 e. The maximum absolute atomic E-state index is 13.2. The van der Waals surface area contributed by atoms with Gasteiger partial charge >= 0.3 is 0 Å². The van der Waals surface area contributed by atoms with Crippen molar-refractivity contribution in [2.75, 3.05) is 24.9 Å². The molecule has 0 aromatic heterocycles. The average molecular weight is 234 g/mol. The number of benzene rings is 1.